The molecule has 1 aliphatic rings. The molecular weight excluding hydrogens is 286 g/mol. The Morgan fingerprint density at radius 3 is 2.61 bits per heavy atom. The van der Waals surface area contributed by atoms with Crippen molar-refractivity contribution in [2.24, 2.45) is 0 Å². The van der Waals surface area contributed by atoms with Gasteiger partial charge in [-0.2, -0.15) is 0 Å². The molecule has 4 nitrogen and oxygen atoms in total. The standard InChI is InChI=1S/C19H21N3O/c1-14-5-7-17(8-6-14)21-19(23)22-12-9-16(10-13-22)18-15(2)4-3-11-20-18/h3-9,11H,10,12-13H2,1-2H3,(H,21,23). The number of carbonyl (C=O) groups is 1. The molecule has 0 fully saturated rings. The normalized spacial score (nSPS) is 14.3. The van der Waals surface area contributed by atoms with Crippen molar-refractivity contribution < 1.29 is 4.79 Å². The summed E-state index contributed by atoms with van der Waals surface area (Å²) in [7, 11) is 0. The van der Waals surface area contributed by atoms with Crippen LogP contribution in [-0.2, 0) is 0 Å². The van der Waals surface area contributed by atoms with Crippen LogP contribution in [0.1, 0.15) is 23.2 Å². The monoisotopic (exact) mass is 307 g/mol. The van der Waals surface area contributed by atoms with E-state index in [4.69, 9.17) is 0 Å². The summed E-state index contributed by atoms with van der Waals surface area (Å²) in [6.45, 7) is 5.42. The van der Waals surface area contributed by atoms with Crippen molar-refractivity contribution in [3.05, 3.63) is 65.5 Å². The molecule has 0 unspecified atom stereocenters. The van der Waals surface area contributed by atoms with Gasteiger partial charge in [-0.3, -0.25) is 4.98 Å². The Morgan fingerprint density at radius 2 is 1.96 bits per heavy atom. The molecule has 0 atom stereocenters. The molecule has 2 heterocycles. The quantitative estimate of drug-likeness (QED) is 0.910. The Kier molecular flexibility index (Phi) is 4.42. The lowest BCUT2D eigenvalue weighted by atomic mass is 10.0. The molecule has 1 aliphatic heterocycles. The Morgan fingerprint density at radius 1 is 1.17 bits per heavy atom. The summed E-state index contributed by atoms with van der Waals surface area (Å²) in [5.41, 5.74) is 5.46. The summed E-state index contributed by atoms with van der Waals surface area (Å²) in [6, 6.07) is 11.8. The summed E-state index contributed by atoms with van der Waals surface area (Å²) in [4.78, 5) is 18.6. The van der Waals surface area contributed by atoms with Crippen LogP contribution in [-0.4, -0.2) is 29.0 Å². The summed E-state index contributed by atoms with van der Waals surface area (Å²) >= 11 is 0. The maximum atomic E-state index is 12.3. The van der Waals surface area contributed by atoms with Crippen molar-refractivity contribution >= 4 is 17.3 Å². The number of aromatic nitrogens is 1. The molecule has 0 radical (unpaired) electrons. The third kappa shape index (κ3) is 3.59. The number of aryl methyl sites for hydroxylation is 2. The van der Waals surface area contributed by atoms with Crippen LogP contribution >= 0.6 is 0 Å². The van der Waals surface area contributed by atoms with Gasteiger partial charge in [0.05, 0.1) is 5.69 Å². The van der Waals surface area contributed by atoms with Gasteiger partial charge in [-0.15, -0.1) is 0 Å². The van der Waals surface area contributed by atoms with E-state index in [1.807, 2.05) is 48.4 Å². The first-order valence-electron chi connectivity index (χ1n) is 7.87. The second-order valence-electron chi connectivity index (χ2n) is 5.89. The van der Waals surface area contributed by atoms with Gasteiger partial charge >= 0.3 is 6.03 Å². The van der Waals surface area contributed by atoms with Gasteiger partial charge in [-0.05, 0) is 49.6 Å². The van der Waals surface area contributed by atoms with Crippen LogP contribution in [0.5, 0.6) is 0 Å². The maximum absolute atomic E-state index is 12.3. The van der Waals surface area contributed by atoms with E-state index in [9.17, 15) is 4.79 Å². The Labute approximate surface area is 136 Å². The first-order chi connectivity index (χ1) is 11.1. The topological polar surface area (TPSA) is 45.2 Å². The summed E-state index contributed by atoms with van der Waals surface area (Å²) in [5.74, 6) is 0. The number of urea groups is 1. The molecule has 1 aromatic carbocycles. The SMILES string of the molecule is Cc1ccc(NC(=O)N2CC=C(c3ncccc3C)CC2)cc1. The lowest BCUT2D eigenvalue weighted by Gasteiger charge is -2.27. The molecule has 2 amide bonds. The van der Waals surface area contributed by atoms with Crippen molar-refractivity contribution in [1.82, 2.24) is 9.88 Å². The minimum atomic E-state index is -0.0538. The number of hydrogen-bond acceptors (Lipinski definition) is 2. The molecule has 0 spiro atoms. The van der Waals surface area contributed by atoms with Gasteiger partial charge in [0.25, 0.3) is 0 Å². The molecule has 0 saturated carbocycles. The molecule has 4 heteroatoms. The van der Waals surface area contributed by atoms with Gasteiger partial charge in [0.1, 0.15) is 0 Å². The number of nitrogens with one attached hydrogen (secondary N) is 1. The Bertz CT molecular complexity index is 735. The average Bonchev–Trinajstić information content (AvgIpc) is 2.57. The number of benzene rings is 1. The highest BCUT2D eigenvalue weighted by Gasteiger charge is 2.19. The third-order valence-electron chi connectivity index (χ3n) is 4.11. The number of nitrogens with zero attached hydrogens (tertiary/aromatic N) is 2. The van der Waals surface area contributed by atoms with E-state index in [1.165, 1.54) is 16.7 Å². The molecule has 23 heavy (non-hydrogen) atoms. The lowest BCUT2D eigenvalue weighted by Crippen LogP contribution is -2.38. The Hall–Kier alpha value is -2.62. The molecule has 3 rings (SSSR count). The fourth-order valence-corrected chi connectivity index (χ4v) is 2.73. The molecule has 0 saturated heterocycles. The van der Waals surface area contributed by atoms with Gasteiger partial charge in [0, 0.05) is 25.0 Å². The predicted molar refractivity (Wildman–Crippen MR) is 93.3 cm³/mol. The van der Waals surface area contributed by atoms with Gasteiger partial charge in [0.15, 0.2) is 0 Å². The highest BCUT2D eigenvalue weighted by molar-refractivity contribution is 5.90. The zero-order valence-electron chi connectivity index (χ0n) is 13.5. The van der Waals surface area contributed by atoms with Crippen LogP contribution in [0.3, 0.4) is 0 Å². The number of pyridine rings is 1. The fraction of sp³-hybridized carbons (Fsp3) is 0.263. The smallest absolute Gasteiger partial charge is 0.320 e. The van der Waals surface area contributed by atoms with Crippen LogP contribution in [0.2, 0.25) is 0 Å². The number of anilines is 1. The van der Waals surface area contributed by atoms with Crippen LogP contribution in [0, 0.1) is 13.8 Å². The first-order valence-corrected chi connectivity index (χ1v) is 7.87. The average molecular weight is 307 g/mol. The Balaban J connectivity index is 1.65. The highest BCUT2D eigenvalue weighted by atomic mass is 16.2. The predicted octanol–water partition coefficient (Wildman–Crippen LogP) is 4.02. The van der Waals surface area contributed by atoms with E-state index >= 15 is 0 Å². The molecular formula is C19H21N3O. The van der Waals surface area contributed by atoms with Crippen LogP contribution in [0.25, 0.3) is 5.57 Å². The van der Waals surface area contributed by atoms with Crippen molar-refractivity contribution in [1.29, 1.82) is 0 Å². The van der Waals surface area contributed by atoms with Crippen molar-refractivity contribution in [2.45, 2.75) is 20.3 Å². The summed E-state index contributed by atoms with van der Waals surface area (Å²) in [6.07, 6.45) is 4.76. The van der Waals surface area contributed by atoms with E-state index < -0.39 is 0 Å². The van der Waals surface area contributed by atoms with Gasteiger partial charge in [-0.1, -0.05) is 29.8 Å². The van der Waals surface area contributed by atoms with Crippen LogP contribution < -0.4 is 5.32 Å². The zero-order chi connectivity index (χ0) is 16.2. The van der Waals surface area contributed by atoms with E-state index in [0.29, 0.717) is 13.1 Å². The first kappa shape index (κ1) is 15.3. The number of hydrogen-bond donors (Lipinski definition) is 1. The van der Waals surface area contributed by atoms with Crippen LogP contribution in [0.15, 0.2) is 48.7 Å². The number of carbonyl (C=O) groups excluding carboxylic acids is 1. The summed E-state index contributed by atoms with van der Waals surface area (Å²) < 4.78 is 0. The van der Waals surface area contributed by atoms with E-state index in [1.54, 1.807) is 0 Å². The molecule has 2 aromatic rings. The molecule has 1 aromatic heterocycles. The van der Waals surface area contributed by atoms with Gasteiger partial charge < -0.3 is 10.2 Å². The van der Waals surface area contributed by atoms with Crippen molar-refractivity contribution in [3.63, 3.8) is 0 Å². The maximum Gasteiger partial charge on any atom is 0.322 e. The van der Waals surface area contributed by atoms with E-state index in [2.05, 4.69) is 29.4 Å². The van der Waals surface area contributed by atoms with Gasteiger partial charge in [0.2, 0.25) is 0 Å². The van der Waals surface area contributed by atoms with Crippen molar-refractivity contribution in [3.8, 4) is 0 Å². The molecule has 118 valence electrons. The second-order valence-corrected chi connectivity index (χ2v) is 5.89. The minimum Gasteiger partial charge on any atom is -0.320 e. The third-order valence-corrected chi connectivity index (χ3v) is 4.11. The zero-order valence-corrected chi connectivity index (χ0v) is 13.5. The summed E-state index contributed by atoms with van der Waals surface area (Å²) in [5, 5.41) is 2.95. The lowest BCUT2D eigenvalue weighted by molar-refractivity contribution is 0.217. The van der Waals surface area contributed by atoms with Crippen molar-refractivity contribution in [2.75, 3.05) is 18.4 Å². The highest BCUT2D eigenvalue weighted by Crippen LogP contribution is 2.23. The van der Waals surface area contributed by atoms with Crippen LogP contribution in [0.4, 0.5) is 10.5 Å². The fourth-order valence-electron chi connectivity index (χ4n) is 2.73. The molecule has 0 aliphatic carbocycles. The minimum absolute atomic E-state index is 0.0538. The van der Waals surface area contributed by atoms with E-state index in [0.717, 1.165) is 17.8 Å². The van der Waals surface area contributed by atoms with E-state index in [-0.39, 0.29) is 6.03 Å². The molecule has 0 bridgehead atoms. The second kappa shape index (κ2) is 6.65. The number of amides is 2. The largest absolute Gasteiger partial charge is 0.322 e. The number of rotatable bonds is 2. The van der Waals surface area contributed by atoms with Gasteiger partial charge in [-0.25, -0.2) is 4.79 Å². The molecule has 1 N–H and O–H groups in total.